The van der Waals surface area contributed by atoms with Crippen molar-refractivity contribution in [3.8, 4) is 0 Å². The molecule has 0 spiro atoms. The number of halogens is 1. The molecule has 0 aliphatic rings. The summed E-state index contributed by atoms with van der Waals surface area (Å²) in [6.07, 6.45) is 0. The van der Waals surface area contributed by atoms with E-state index in [9.17, 15) is 14.1 Å². The van der Waals surface area contributed by atoms with Gasteiger partial charge in [-0.15, -0.1) is 0 Å². The summed E-state index contributed by atoms with van der Waals surface area (Å²) in [5.41, 5.74) is 0. The summed E-state index contributed by atoms with van der Waals surface area (Å²) in [5, 5.41) is 4.96. The number of rotatable bonds is 5. The van der Waals surface area contributed by atoms with Crippen LogP contribution in [-0.2, 0) is 4.79 Å². The van der Waals surface area contributed by atoms with Gasteiger partial charge < -0.3 is 5.32 Å². The molecule has 1 N–H and O–H groups in total. The van der Waals surface area contributed by atoms with Gasteiger partial charge in [-0.1, -0.05) is 12.1 Å². The molecule has 0 heterocycles. The van der Waals surface area contributed by atoms with Gasteiger partial charge in [-0.05, 0) is 5.92 Å². The van der Waals surface area contributed by atoms with Crippen molar-refractivity contribution >= 4 is 5.91 Å². The highest BCUT2D eigenvalue weighted by molar-refractivity contribution is 5.78. The Morgan fingerprint density at radius 3 is 2.58 bits per heavy atom. The first-order chi connectivity index (χ1) is 5.67. The highest BCUT2D eigenvalue weighted by Gasteiger charge is 2.24. The third-order valence-electron chi connectivity index (χ3n) is 1.80. The van der Waals surface area contributed by atoms with E-state index in [-0.39, 0.29) is 18.4 Å². The Morgan fingerprint density at radius 1 is 1.67 bits per heavy atom. The zero-order valence-corrected chi connectivity index (χ0v) is 7.21. The number of nitroso groups, excluding NO2 is 1. The fourth-order valence-corrected chi connectivity index (χ4v) is 0.911. The summed E-state index contributed by atoms with van der Waals surface area (Å²) in [7, 11) is 1.44. The molecule has 4 nitrogen and oxygen atoms in total. The van der Waals surface area contributed by atoms with Crippen molar-refractivity contribution in [3.05, 3.63) is 4.91 Å². The summed E-state index contributed by atoms with van der Waals surface area (Å²) in [6, 6.07) is 0. The van der Waals surface area contributed by atoms with Crippen molar-refractivity contribution in [3.63, 3.8) is 0 Å². The number of alkyl halides is 1. The number of amides is 1. The van der Waals surface area contributed by atoms with E-state index >= 15 is 0 Å². The molecule has 0 saturated heterocycles. The monoisotopic (exact) mass is 176 g/mol. The quantitative estimate of drug-likeness (QED) is 0.627. The summed E-state index contributed by atoms with van der Waals surface area (Å²) in [4.78, 5) is 20.8. The maximum Gasteiger partial charge on any atom is 0.225 e. The van der Waals surface area contributed by atoms with E-state index in [1.807, 2.05) is 0 Å². The molecular weight excluding hydrogens is 163 g/mol. The molecule has 2 atom stereocenters. The average Bonchev–Trinajstić information content (AvgIpc) is 2.06. The van der Waals surface area contributed by atoms with E-state index in [0.717, 1.165) is 0 Å². The number of carbonyl (C=O) groups excluding carboxylic acids is 1. The van der Waals surface area contributed by atoms with Crippen LogP contribution in [0.4, 0.5) is 4.39 Å². The first-order valence-electron chi connectivity index (χ1n) is 3.74. The Bertz CT molecular complexity index is 163. The van der Waals surface area contributed by atoms with Crippen LogP contribution in [0.15, 0.2) is 5.18 Å². The van der Waals surface area contributed by atoms with Crippen molar-refractivity contribution in [2.45, 2.75) is 6.92 Å². The summed E-state index contributed by atoms with van der Waals surface area (Å²) in [6.45, 7) is 0.846. The van der Waals surface area contributed by atoms with Crippen LogP contribution in [0.5, 0.6) is 0 Å². The van der Waals surface area contributed by atoms with Crippen LogP contribution in [0.25, 0.3) is 0 Å². The summed E-state index contributed by atoms with van der Waals surface area (Å²) >= 11 is 0. The number of nitrogens with zero attached hydrogens (tertiary/aromatic N) is 1. The fourth-order valence-electron chi connectivity index (χ4n) is 0.911. The van der Waals surface area contributed by atoms with Crippen LogP contribution in [0.2, 0.25) is 0 Å². The molecular formula is C7H13FN2O2. The minimum absolute atomic E-state index is 0.0258. The Balaban J connectivity index is 4.12. The standard InChI is InChI=1S/C7H13FN2O2/c1-5(4-10-12)6(3-8)7(11)9-2/h5-6H,3-4H2,1-2H3,(H,9,11). The highest BCUT2D eigenvalue weighted by atomic mass is 19.1. The molecule has 0 aromatic carbocycles. The summed E-state index contributed by atoms with van der Waals surface area (Å²) in [5.74, 6) is -1.48. The lowest BCUT2D eigenvalue weighted by Crippen LogP contribution is -2.34. The Labute approximate surface area is 70.5 Å². The lowest BCUT2D eigenvalue weighted by molar-refractivity contribution is -0.126. The van der Waals surface area contributed by atoms with Gasteiger partial charge in [0.2, 0.25) is 5.91 Å². The van der Waals surface area contributed by atoms with Gasteiger partial charge in [-0.25, -0.2) is 0 Å². The first kappa shape index (κ1) is 11.0. The molecule has 0 saturated carbocycles. The van der Waals surface area contributed by atoms with Gasteiger partial charge in [0.05, 0.1) is 12.5 Å². The van der Waals surface area contributed by atoms with E-state index in [0.29, 0.717) is 0 Å². The molecule has 0 fully saturated rings. The molecule has 0 aromatic heterocycles. The van der Waals surface area contributed by atoms with E-state index in [4.69, 9.17) is 0 Å². The minimum atomic E-state index is -0.757. The predicted octanol–water partition coefficient (Wildman–Crippen LogP) is 0.721. The van der Waals surface area contributed by atoms with Gasteiger partial charge in [0.15, 0.2) is 0 Å². The van der Waals surface area contributed by atoms with E-state index in [1.165, 1.54) is 7.05 Å². The average molecular weight is 176 g/mol. The molecule has 1 amide bonds. The molecule has 2 unspecified atom stereocenters. The van der Waals surface area contributed by atoms with Crippen LogP contribution in [0.3, 0.4) is 0 Å². The maximum atomic E-state index is 12.3. The van der Waals surface area contributed by atoms with E-state index in [2.05, 4.69) is 10.5 Å². The maximum absolute atomic E-state index is 12.3. The van der Waals surface area contributed by atoms with Gasteiger partial charge in [0.1, 0.15) is 6.67 Å². The SMILES string of the molecule is CNC(=O)C(CF)C(C)CN=O. The second kappa shape index (κ2) is 5.62. The fraction of sp³-hybridized carbons (Fsp3) is 0.857. The van der Waals surface area contributed by atoms with Crippen LogP contribution < -0.4 is 5.32 Å². The largest absolute Gasteiger partial charge is 0.359 e. The van der Waals surface area contributed by atoms with Crippen LogP contribution in [0, 0.1) is 16.7 Å². The molecule has 0 radical (unpaired) electrons. The second-order valence-corrected chi connectivity index (χ2v) is 2.66. The zero-order valence-electron chi connectivity index (χ0n) is 7.21. The molecule has 0 bridgehead atoms. The molecule has 12 heavy (non-hydrogen) atoms. The van der Waals surface area contributed by atoms with Crippen molar-refractivity contribution < 1.29 is 9.18 Å². The Hall–Kier alpha value is -1.00. The van der Waals surface area contributed by atoms with Crippen molar-refractivity contribution in [2.75, 3.05) is 20.3 Å². The van der Waals surface area contributed by atoms with Gasteiger partial charge in [0, 0.05) is 7.05 Å². The lowest BCUT2D eigenvalue weighted by atomic mass is 9.95. The number of nitrogens with one attached hydrogen (secondary N) is 1. The third-order valence-corrected chi connectivity index (χ3v) is 1.80. The lowest BCUT2D eigenvalue weighted by Gasteiger charge is -2.16. The number of carbonyl (C=O) groups is 1. The second-order valence-electron chi connectivity index (χ2n) is 2.66. The molecule has 0 rings (SSSR count). The van der Waals surface area contributed by atoms with Crippen molar-refractivity contribution in [1.82, 2.24) is 5.32 Å². The normalized spacial score (nSPS) is 14.9. The molecule has 5 heteroatoms. The van der Waals surface area contributed by atoms with E-state index < -0.39 is 12.6 Å². The van der Waals surface area contributed by atoms with Crippen LogP contribution in [0.1, 0.15) is 6.92 Å². The molecule has 0 aliphatic carbocycles. The van der Waals surface area contributed by atoms with Gasteiger partial charge in [-0.3, -0.25) is 9.18 Å². The van der Waals surface area contributed by atoms with Crippen LogP contribution >= 0.6 is 0 Å². The smallest absolute Gasteiger partial charge is 0.225 e. The predicted molar refractivity (Wildman–Crippen MR) is 43.4 cm³/mol. The van der Waals surface area contributed by atoms with Gasteiger partial charge >= 0.3 is 0 Å². The zero-order chi connectivity index (χ0) is 9.56. The molecule has 70 valence electrons. The third kappa shape index (κ3) is 2.94. The first-order valence-corrected chi connectivity index (χ1v) is 3.74. The van der Waals surface area contributed by atoms with Crippen LogP contribution in [-0.4, -0.2) is 26.2 Å². The van der Waals surface area contributed by atoms with Gasteiger partial charge in [0.25, 0.3) is 0 Å². The van der Waals surface area contributed by atoms with Gasteiger partial charge in [-0.2, -0.15) is 4.91 Å². The number of hydrogen-bond donors (Lipinski definition) is 1. The Kier molecular flexibility index (Phi) is 5.16. The Morgan fingerprint density at radius 2 is 2.25 bits per heavy atom. The number of hydrogen-bond acceptors (Lipinski definition) is 3. The summed E-state index contributed by atoms with van der Waals surface area (Å²) < 4.78 is 12.3. The topological polar surface area (TPSA) is 58.5 Å². The molecule has 0 aliphatic heterocycles. The molecule has 0 aromatic rings. The van der Waals surface area contributed by atoms with Crippen molar-refractivity contribution in [2.24, 2.45) is 17.0 Å². The minimum Gasteiger partial charge on any atom is -0.359 e. The van der Waals surface area contributed by atoms with E-state index in [1.54, 1.807) is 6.92 Å². The highest BCUT2D eigenvalue weighted by Crippen LogP contribution is 2.12. The van der Waals surface area contributed by atoms with Crippen molar-refractivity contribution in [1.29, 1.82) is 0 Å².